The monoisotopic (exact) mass is 293 g/mol. The minimum Gasteiger partial charge on any atom is -0.369 e. The Kier molecular flexibility index (Phi) is 4.79. The zero-order valence-electron chi connectivity index (χ0n) is 14.0. The van der Waals surface area contributed by atoms with E-state index in [4.69, 9.17) is 5.73 Å². The molecule has 2 unspecified atom stereocenters. The van der Waals surface area contributed by atoms with Crippen LogP contribution >= 0.6 is 0 Å². The van der Waals surface area contributed by atoms with Gasteiger partial charge in [0.05, 0.1) is 0 Å². The number of nitrogens with two attached hydrogens (primary N) is 1. The molecule has 0 heterocycles. The van der Waals surface area contributed by atoms with Gasteiger partial charge in [0.15, 0.2) is 0 Å². The molecule has 0 radical (unpaired) electrons. The Morgan fingerprint density at radius 1 is 1.19 bits per heavy atom. The van der Waals surface area contributed by atoms with Crippen LogP contribution in [0.5, 0.6) is 0 Å². The van der Waals surface area contributed by atoms with Crippen molar-refractivity contribution in [2.45, 2.75) is 66.2 Å². The second-order valence-corrected chi connectivity index (χ2v) is 8.46. The highest BCUT2D eigenvalue weighted by atomic mass is 16.1. The lowest BCUT2D eigenvalue weighted by Gasteiger charge is -2.30. The lowest BCUT2D eigenvalue weighted by molar-refractivity contribution is -0.137. The summed E-state index contributed by atoms with van der Waals surface area (Å²) in [7, 11) is 0. The van der Waals surface area contributed by atoms with Crippen LogP contribution in [-0.4, -0.2) is 11.7 Å². The van der Waals surface area contributed by atoms with E-state index in [1.54, 1.807) is 0 Å². The van der Waals surface area contributed by atoms with Gasteiger partial charge in [0.1, 0.15) is 5.78 Å². The van der Waals surface area contributed by atoms with Crippen LogP contribution in [0.15, 0.2) is 0 Å². The molecule has 0 aromatic carbocycles. The van der Waals surface area contributed by atoms with Crippen LogP contribution in [0, 0.1) is 35.0 Å². The molecule has 2 saturated carbocycles. The zero-order chi connectivity index (χ0) is 15.8. The maximum absolute atomic E-state index is 12.8. The van der Waals surface area contributed by atoms with Gasteiger partial charge in [-0.3, -0.25) is 9.59 Å². The van der Waals surface area contributed by atoms with Gasteiger partial charge in [-0.05, 0) is 43.4 Å². The molecule has 120 valence electrons. The van der Waals surface area contributed by atoms with E-state index in [1.807, 2.05) is 20.8 Å². The third kappa shape index (κ3) is 4.55. The highest BCUT2D eigenvalue weighted by Gasteiger charge is 2.43. The number of rotatable bonds is 8. The summed E-state index contributed by atoms with van der Waals surface area (Å²) >= 11 is 0. The highest BCUT2D eigenvalue weighted by molar-refractivity contribution is 5.91. The number of amides is 1. The molecule has 1 amide bonds. The van der Waals surface area contributed by atoms with Gasteiger partial charge in [-0.15, -0.1) is 0 Å². The fourth-order valence-corrected chi connectivity index (χ4v) is 3.43. The van der Waals surface area contributed by atoms with E-state index in [1.165, 1.54) is 19.3 Å². The number of hydrogen-bond acceptors (Lipinski definition) is 2. The third-order valence-electron chi connectivity index (χ3n) is 5.34. The summed E-state index contributed by atoms with van der Waals surface area (Å²) in [5, 5.41) is 0. The van der Waals surface area contributed by atoms with Crippen molar-refractivity contribution in [2.75, 3.05) is 0 Å². The summed E-state index contributed by atoms with van der Waals surface area (Å²) in [4.78, 5) is 24.8. The fourth-order valence-electron chi connectivity index (χ4n) is 3.43. The first-order valence-corrected chi connectivity index (χ1v) is 8.53. The van der Waals surface area contributed by atoms with Crippen LogP contribution in [-0.2, 0) is 9.59 Å². The minimum atomic E-state index is -0.393. The molecule has 0 bridgehead atoms. The van der Waals surface area contributed by atoms with Gasteiger partial charge in [-0.25, -0.2) is 0 Å². The van der Waals surface area contributed by atoms with E-state index >= 15 is 0 Å². The summed E-state index contributed by atoms with van der Waals surface area (Å²) in [6.45, 7) is 8.10. The smallest absolute Gasteiger partial charge is 0.221 e. The number of ketones is 1. The van der Waals surface area contributed by atoms with Crippen LogP contribution in [0.4, 0.5) is 0 Å². The zero-order valence-corrected chi connectivity index (χ0v) is 14.0. The topological polar surface area (TPSA) is 60.2 Å². The van der Waals surface area contributed by atoms with Crippen LogP contribution in [0.25, 0.3) is 0 Å². The molecule has 2 aliphatic carbocycles. The molecule has 0 saturated heterocycles. The van der Waals surface area contributed by atoms with Gasteiger partial charge in [0.25, 0.3) is 0 Å². The van der Waals surface area contributed by atoms with Crippen LogP contribution in [0.3, 0.4) is 0 Å². The van der Waals surface area contributed by atoms with Crippen molar-refractivity contribution < 1.29 is 9.59 Å². The predicted molar refractivity (Wildman–Crippen MR) is 84.5 cm³/mol. The molecule has 2 aliphatic rings. The van der Waals surface area contributed by atoms with Gasteiger partial charge < -0.3 is 5.73 Å². The van der Waals surface area contributed by atoms with Crippen molar-refractivity contribution in [1.82, 2.24) is 0 Å². The van der Waals surface area contributed by atoms with Crippen molar-refractivity contribution in [1.29, 1.82) is 0 Å². The average molecular weight is 293 g/mol. The van der Waals surface area contributed by atoms with E-state index in [0.717, 1.165) is 25.2 Å². The summed E-state index contributed by atoms with van der Waals surface area (Å²) in [5.74, 6) is 1.62. The SMILES string of the molecule is CC1CC1C[C@@H](C(=O)C(C)(C)C)[C@H](CCC1CC1)C(N)=O. The minimum absolute atomic E-state index is 0.170. The molecule has 3 nitrogen and oxygen atoms in total. The molecule has 2 N–H and O–H groups in total. The Morgan fingerprint density at radius 3 is 2.14 bits per heavy atom. The van der Waals surface area contributed by atoms with E-state index in [2.05, 4.69) is 6.92 Å². The highest BCUT2D eigenvalue weighted by Crippen LogP contribution is 2.46. The van der Waals surface area contributed by atoms with Gasteiger partial charge in [-0.2, -0.15) is 0 Å². The summed E-state index contributed by atoms with van der Waals surface area (Å²) in [6.07, 6.45) is 6.47. The quantitative estimate of drug-likeness (QED) is 0.744. The van der Waals surface area contributed by atoms with E-state index in [-0.39, 0.29) is 23.5 Å². The van der Waals surface area contributed by atoms with Crippen LogP contribution < -0.4 is 5.73 Å². The van der Waals surface area contributed by atoms with E-state index < -0.39 is 5.41 Å². The van der Waals surface area contributed by atoms with E-state index in [0.29, 0.717) is 11.8 Å². The molecule has 0 aromatic rings. The number of primary amides is 1. The Bertz CT molecular complexity index is 406. The molecule has 2 rings (SSSR count). The van der Waals surface area contributed by atoms with Gasteiger partial charge in [0, 0.05) is 17.3 Å². The van der Waals surface area contributed by atoms with Crippen molar-refractivity contribution in [3.05, 3.63) is 0 Å². The van der Waals surface area contributed by atoms with Gasteiger partial charge in [0.2, 0.25) is 5.91 Å². The second kappa shape index (κ2) is 6.10. The number of hydrogen-bond donors (Lipinski definition) is 1. The molecule has 3 heteroatoms. The lowest BCUT2D eigenvalue weighted by Crippen LogP contribution is -2.39. The molecule has 0 aliphatic heterocycles. The maximum atomic E-state index is 12.8. The first kappa shape index (κ1) is 16.5. The molecule has 2 fully saturated rings. The summed E-state index contributed by atoms with van der Waals surface area (Å²) in [5.41, 5.74) is 5.27. The second-order valence-electron chi connectivity index (χ2n) is 8.46. The van der Waals surface area contributed by atoms with Crippen molar-refractivity contribution >= 4 is 11.7 Å². The Morgan fingerprint density at radius 2 is 1.76 bits per heavy atom. The van der Waals surface area contributed by atoms with Crippen molar-refractivity contribution in [2.24, 2.45) is 40.7 Å². The van der Waals surface area contributed by atoms with Crippen LogP contribution in [0.1, 0.15) is 66.2 Å². The summed E-state index contributed by atoms with van der Waals surface area (Å²) in [6, 6.07) is 0. The molecule has 0 spiro atoms. The molecule has 4 atom stereocenters. The maximum Gasteiger partial charge on any atom is 0.221 e. The van der Waals surface area contributed by atoms with Gasteiger partial charge >= 0.3 is 0 Å². The van der Waals surface area contributed by atoms with Crippen LogP contribution in [0.2, 0.25) is 0 Å². The van der Waals surface area contributed by atoms with Crippen molar-refractivity contribution in [3.63, 3.8) is 0 Å². The molecular weight excluding hydrogens is 262 g/mol. The molecular formula is C18H31NO2. The first-order valence-electron chi connectivity index (χ1n) is 8.53. The Balaban J connectivity index is 2.08. The number of Topliss-reactive ketones (excluding diaryl/α,β-unsaturated/α-hetero) is 1. The first-order chi connectivity index (χ1) is 9.70. The Labute approximate surface area is 129 Å². The normalized spacial score (nSPS) is 28.0. The van der Waals surface area contributed by atoms with Crippen molar-refractivity contribution in [3.8, 4) is 0 Å². The third-order valence-corrected chi connectivity index (χ3v) is 5.34. The number of carbonyl (C=O) groups is 2. The van der Waals surface area contributed by atoms with Gasteiger partial charge in [-0.1, -0.05) is 40.5 Å². The molecule has 0 aromatic heterocycles. The fraction of sp³-hybridized carbons (Fsp3) is 0.889. The Hall–Kier alpha value is -0.860. The van der Waals surface area contributed by atoms with E-state index in [9.17, 15) is 9.59 Å². The average Bonchev–Trinajstić information content (AvgIpc) is 3.25. The number of carbonyl (C=O) groups excluding carboxylic acids is 2. The lowest BCUT2D eigenvalue weighted by atomic mass is 9.73. The molecule has 21 heavy (non-hydrogen) atoms. The summed E-state index contributed by atoms with van der Waals surface area (Å²) < 4.78 is 0. The standard InChI is InChI=1S/C18H31NO2/c1-11-9-13(11)10-15(16(20)18(2,3)4)14(17(19)21)8-7-12-5-6-12/h11-15H,5-10H2,1-4H3,(H2,19,21)/t11?,13?,14-,15+/m0/s1. The largest absolute Gasteiger partial charge is 0.369 e. The predicted octanol–water partition coefficient (Wildman–Crippen LogP) is 3.56.